The monoisotopic (exact) mass is 317 g/mol. The zero-order valence-corrected chi connectivity index (χ0v) is 14.6. The highest BCUT2D eigenvalue weighted by Crippen LogP contribution is 2.06. The van der Waals surface area contributed by atoms with Crippen molar-refractivity contribution in [1.82, 2.24) is 0 Å². The van der Waals surface area contributed by atoms with Crippen molar-refractivity contribution < 1.29 is 0 Å². The van der Waals surface area contributed by atoms with Gasteiger partial charge in [0.15, 0.2) is 0 Å². The van der Waals surface area contributed by atoms with Crippen LogP contribution >= 0.6 is 0 Å². The molecule has 24 heavy (non-hydrogen) atoms. The minimum absolute atomic E-state index is 1.05. The molecule has 1 rings (SSSR count). The van der Waals surface area contributed by atoms with Gasteiger partial charge in [-0.05, 0) is 31.8 Å². The maximum atomic E-state index is 3.32. The molecule has 0 fully saturated rings. The molecule has 0 saturated carbocycles. The first-order chi connectivity index (χ1) is 12.0. The fourth-order valence-corrected chi connectivity index (χ4v) is 2.06. The molecule has 0 amide bonds. The molecule has 0 atom stereocenters. The molecule has 0 N–H and O–H groups in total. The van der Waals surface area contributed by atoms with Crippen LogP contribution in [0.25, 0.3) is 0 Å². The lowest BCUT2D eigenvalue weighted by molar-refractivity contribution is 0.649. The van der Waals surface area contributed by atoms with E-state index in [1.54, 1.807) is 0 Å². The Morgan fingerprint density at radius 1 is 0.417 bits per heavy atom. The Morgan fingerprint density at radius 3 is 1.46 bits per heavy atom. The van der Waals surface area contributed by atoms with Crippen LogP contribution in [-0.2, 0) is 0 Å². The fraction of sp³-hybridized carbons (Fsp3) is 0.250. The second-order valence-corrected chi connectivity index (χ2v) is 5.45. The lowest BCUT2D eigenvalue weighted by Crippen LogP contribution is -1.76. The largest absolute Gasteiger partial charge is 0.0845 e. The van der Waals surface area contributed by atoms with E-state index < -0.39 is 0 Å². The van der Waals surface area contributed by atoms with Gasteiger partial charge in [-0.2, -0.15) is 0 Å². The van der Waals surface area contributed by atoms with Gasteiger partial charge in [0.2, 0.25) is 0 Å². The molecule has 0 heterocycles. The Balaban J connectivity index is 2.48. The van der Waals surface area contributed by atoms with Crippen LogP contribution in [-0.4, -0.2) is 0 Å². The number of rotatable bonds is 0. The molecule has 1 radical (unpaired) electrons. The predicted molar refractivity (Wildman–Crippen MR) is 109 cm³/mol. The van der Waals surface area contributed by atoms with E-state index in [0.29, 0.717) is 0 Å². The summed E-state index contributed by atoms with van der Waals surface area (Å²) in [6, 6.07) is 0. The maximum absolute atomic E-state index is 3.32. The Kier molecular flexibility index (Phi) is 14.0. The van der Waals surface area contributed by atoms with Gasteiger partial charge >= 0.3 is 0 Å². The zero-order chi connectivity index (χ0) is 17.0. The van der Waals surface area contributed by atoms with Crippen LogP contribution < -0.4 is 0 Å². The van der Waals surface area contributed by atoms with E-state index in [0.717, 1.165) is 6.42 Å². The molecule has 0 nitrogen and oxygen atoms in total. The maximum Gasteiger partial charge on any atom is -0.0276 e. The summed E-state index contributed by atoms with van der Waals surface area (Å²) >= 11 is 0. The van der Waals surface area contributed by atoms with Gasteiger partial charge in [-0.25, -0.2) is 0 Å². The lowest BCUT2D eigenvalue weighted by atomic mass is 10.1. The third-order valence-electron chi connectivity index (χ3n) is 3.35. The summed E-state index contributed by atoms with van der Waals surface area (Å²) in [5.41, 5.74) is 0. The van der Waals surface area contributed by atoms with E-state index in [-0.39, 0.29) is 0 Å². The van der Waals surface area contributed by atoms with E-state index >= 15 is 0 Å². The third-order valence-corrected chi connectivity index (χ3v) is 3.35. The molecule has 0 saturated heterocycles. The SMILES string of the molecule is [C]1=C/C=C/C=C\C=C\C=C\C=C\C=C/C=C/C=C/CCCCCC/1. The standard InChI is InChI=1S/C24H29/c1-2-4-6-8-10-12-14-16-18-20-22-24-23-21-19-17-15-13-11-9-7-5-3-1/h1-17H,18,20-24H2/b3-1+,4-2+,7-5+,8-6-,11-9-,12-10+,15-13+,16-14+,19-17?. The highest BCUT2D eigenvalue weighted by atomic mass is 13.9. The fourth-order valence-electron chi connectivity index (χ4n) is 2.06. The van der Waals surface area contributed by atoms with Crippen LogP contribution in [0.15, 0.2) is 103 Å². The molecule has 0 bridgehead atoms. The Morgan fingerprint density at radius 2 is 0.875 bits per heavy atom. The number of hydrogen-bond acceptors (Lipinski definition) is 0. The van der Waals surface area contributed by atoms with Crippen molar-refractivity contribution in [3.63, 3.8) is 0 Å². The average Bonchev–Trinajstić information content (AvgIpc) is 2.59. The first-order valence-electron chi connectivity index (χ1n) is 8.88. The van der Waals surface area contributed by atoms with Gasteiger partial charge in [-0.3, -0.25) is 0 Å². The predicted octanol–water partition coefficient (Wildman–Crippen LogP) is 7.15. The van der Waals surface area contributed by atoms with Crippen LogP contribution in [0.4, 0.5) is 0 Å². The molecule has 125 valence electrons. The summed E-state index contributed by atoms with van der Waals surface area (Å²) in [5.74, 6) is 0. The second kappa shape index (κ2) is 17.0. The van der Waals surface area contributed by atoms with Gasteiger partial charge in [-0.15, -0.1) is 0 Å². The summed E-state index contributed by atoms with van der Waals surface area (Å²) in [7, 11) is 0. The topological polar surface area (TPSA) is 0 Å². The van der Waals surface area contributed by atoms with Gasteiger partial charge in [-0.1, -0.05) is 116 Å². The van der Waals surface area contributed by atoms with Crippen LogP contribution in [0.1, 0.15) is 38.5 Å². The van der Waals surface area contributed by atoms with E-state index in [1.165, 1.54) is 32.1 Å². The van der Waals surface area contributed by atoms with Crippen molar-refractivity contribution in [2.45, 2.75) is 38.5 Å². The molecular weight excluding hydrogens is 288 g/mol. The number of hydrogen-bond donors (Lipinski definition) is 0. The normalized spacial score (nSPS) is 30.0. The van der Waals surface area contributed by atoms with Crippen molar-refractivity contribution in [3.05, 3.63) is 109 Å². The molecule has 0 aromatic heterocycles. The highest BCUT2D eigenvalue weighted by molar-refractivity contribution is 5.21. The van der Waals surface area contributed by atoms with Gasteiger partial charge in [0.1, 0.15) is 0 Å². The van der Waals surface area contributed by atoms with Crippen molar-refractivity contribution >= 4 is 0 Å². The Hall–Kier alpha value is -2.34. The molecule has 0 aromatic carbocycles. The molecule has 0 heteroatoms. The second-order valence-electron chi connectivity index (χ2n) is 5.45. The summed E-state index contributed by atoms with van der Waals surface area (Å²) in [5, 5.41) is 0. The smallest absolute Gasteiger partial charge is 0.0276 e. The van der Waals surface area contributed by atoms with Crippen LogP contribution in [0.2, 0.25) is 0 Å². The minimum Gasteiger partial charge on any atom is -0.0845 e. The molecule has 0 aliphatic heterocycles. The van der Waals surface area contributed by atoms with Crippen molar-refractivity contribution in [2.24, 2.45) is 0 Å². The summed E-state index contributed by atoms with van der Waals surface area (Å²) in [6.45, 7) is 0. The van der Waals surface area contributed by atoms with Crippen LogP contribution in [0.5, 0.6) is 0 Å². The molecule has 0 spiro atoms. The molecule has 0 unspecified atom stereocenters. The lowest BCUT2D eigenvalue weighted by Gasteiger charge is -1.96. The van der Waals surface area contributed by atoms with E-state index in [9.17, 15) is 0 Å². The van der Waals surface area contributed by atoms with Crippen LogP contribution in [0, 0.1) is 6.08 Å². The average molecular weight is 317 g/mol. The summed E-state index contributed by atoms with van der Waals surface area (Å²) in [6.07, 6.45) is 45.5. The summed E-state index contributed by atoms with van der Waals surface area (Å²) < 4.78 is 0. The first-order valence-corrected chi connectivity index (χ1v) is 8.88. The Bertz CT molecular complexity index is 493. The van der Waals surface area contributed by atoms with E-state index in [4.69, 9.17) is 0 Å². The van der Waals surface area contributed by atoms with Crippen LogP contribution in [0.3, 0.4) is 0 Å². The minimum atomic E-state index is 1.05. The van der Waals surface area contributed by atoms with E-state index in [2.05, 4.69) is 30.4 Å². The zero-order valence-electron chi connectivity index (χ0n) is 14.6. The molecule has 1 aliphatic carbocycles. The van der Waals surface area contributed by atoms with Crippen molar-refractivity contribution in [2.75, 3.05) is 0 Å². The van der Waals surface area contributed by atoms with E-state index in [1.807, 2.05) is 79.0 Å². The molecule has 1 aliphatic rings. The summed E-state index contributed by atoms with van der Waals surface area (Å²) in [4.78, 5) is 0. The van der Waals surface area contributed by atoms with Gasteiger partial charge in [0.25, 0.3) is 0 Å². The molecular formula is C24H29. The van der Waals surface area contributed by atoms with Gasteiger partial charge < -0.3 is 0 Å². The first kappa shape index (κ1) is 19.7. The highest BCUT2D eigenvalue weighted by Gasteiger charge is 1.87. The quantitative estimate of drug-likeness (QED) is 0.445. The van der Waals surface area contributed by atoms with Gasteiger partial charge in [0, 0.05) is 0 Å². The number of allylic oxidation sites excluding steroid dienone is 18. The van der Waals surface area contributed by atoms with Crippen molar-refractivity contribution in [3.8, 4) is 0 Å². The molecule has 0 aromatic rings. The van der Waals surface area contributed by atoms with Gasteiger partial charge in [0.05, 0.1) is 0 Å². The van der Waals surface area contributed by atoms with Crippen molar-refractivity contribution in [1.29, 1.82) is 0 Å². The third kappa shape index (κ3) is 14.6. The Labute approximate surface area is 148 Å².